The van der Waals surface area contributed by atoms with E-state index in [4.69, 9.17) is 4.98 Å². The lowest BCUT2D eigenvalue weighted by Gasteiger charge is -2.15. The summed E-state index contributed by atoms with van der Waals surface area (Å²) in [5.74, 6) is 1.18. The number of thiophene rings is 1. The van der Waals surface area contributed by atoms with Crippen LogP contribution in [0, 0.1) is 6.92 Å². The van der Waals surface area contributed by atoms with Gasteiger partial charge in [-0.15, -0.1) is 11.3 Å². The molecule has 108 valence electrons. The number of imidazole rings is 1. The van der Waals surface area contributed by atoms with Crippen molar-refractivity contribution in [3.05, 3.63) is 38.0 Å². The summed E-state index contributed by atoms with van der Waals surface area (Å²) in [5, 5.41) is 5.66. The monoisotopic (exact) mass is 353 g/mol. The number of nitrogens with zero attached hydrogens (tertiary/aromatic N) is 2. The molecule has 3 nitrogen and oxygen atoms in total. The Labute approximate surface area is 132 Å². The molecule has 2 aromatic rings. The van der Waals surface area contributed by atoms with E-state index in [0.717, 1.165) is 19.6 Å². The minimum absolute atomic E-state index is 0.951. The molecule has 0 atom stereocenters. The van der Waals surface area contributed by atoms with Crippen molar-refractivity contribution >= 4 is 27.3 Å². The molecule has 3 rings (SSSR count). The highest BCUT2D eigenvalue weighted by molar-refractivity contribution is 9.10. The molecule has 0 bridgehead atoms. The number of aryl methyl sites for hydroxylation is 2. The molecule has 0 amide bonds. The highest BCUT2D eigenvalue weighted by Crippen LogP contribution is 2.22. The molecular weight excluding hydrogens is 334 g/mol. The summed E-state index contributed by atoms with van der Waals surface area (Å²) in [7, 11) is 0. The third-order valence-electron chi connectivity index (χ3n) is 3.86. The predicted octanol–water partition coefficient (Wildman–Crippen LogP) is 3.68. The van der Waals surface area contributed by atoms with Crippen molar-refractivity contribution in [3.8, 4) is 0 Å². The molecule has 0 spiro atoms. The van der Waals surface area contributed by atoms with Gasteiger partial charge in [-0.2, -0.15) is 0 Å². The summed E-state index contributed by atoms with van der Waals surface area (Å²) < 4.78 is 3.59. The Morgan fingerprint density at radius 1 is 1.40 bits per heavy atom. The zero-order valence-corrected chi connectivity index (χ0v) is 14.2. The van der Waals surface area contributed by atoms with Crippen LogP contribution in [0.2, 0.25) is 0 Å². The summed E-state index contributed by atoms with van der Waals surface area (Å²) >= 11 is 5.29. The minimum Gasteiger partial charge on any atom is -0.331 e. The Hall–Kier alpha value is -0.650. The zero-order valence-electron chi connectivity index (χ0n) is 11.8. The second kappa shape index (κ2) is 6.41. The van der Waals surface area contributed by atoms with Gasteiger partial charge >= 0.3 is 0 Å². The summed E-state index contributed by atoms with van der Waals surface area (Å²) in [6.07, 6.45) is 4.98. The van der Waals surface area contributed by atoms with E-state index in [1.807, 2.05) is 0 Å². The van der Waals surface area contributed by atoms with Gasteiger partial charge in [-0.05, 0) is 54.6 Å². The first kappa shape index (κ1) is 14.3. The zero-order chi connectivity index (χ0) is 13.9. The Balaban J connectivity index is 1.55. The predicted molar refractivity (Wildman–Crippen MR) is 87.3 cm³/mol. The second-order valence-electron chi connectivity index (χ2n) is 5.32. The maximum Gasteiger partial charge on any atom is 0.106 e. The van der Waals surface area contributed by atoms with Crippen LogP contribution >= 0.6 is 27.3 Å². The molecule has 2 aromatic heterocycles. The highest BCUT2D eigenvalue weighted by Gasteiger charge is 2.17. The maximum absolute atomic E-state index is 4.72. The van der Waals surface area contributed by atoms with Crippen LogP contribution in [0.3, 0.4) is 0 Å². The van der Waals surface area contributed by atoms with Crippen molar-refractivity contribution in [2.75, 3.05) is 6.54 Å². The number of nitrogens with one attached hydrogen (secondary N) is 1. The van der Waals surface area contributed by atoms with Gasteiger partial charge in [0.15, 0.2) is 0 Å². The number of hydrogen-bond acceptors (Lipinski definition) is 3. The second-order valence-corrected chi connectivity index (χ2v) is 7.23. The van der Waals surface area contributed by atoms with Crippen LogP contribution in [0.25, 0.3) is 0 Å². The molecule has 0 aromatic carbocycles. The molecule has 20 heavy (non-hydrogen) atoms. The number of hydrogen-bond donors (Lipinski definition) is 1. The summed E-state index contributed by atoms with van der Waals surface area (Å²) in [5.41, 5.74) is 2.82. The van der Waals surface area contributed by atoms with Gasteiger partial charge in [-0.25, -0.2) is 4.98 Å². The molecule has 5 heteroatoms. The van der Waals surface area contributed by atoms with Gasteiger partial charge in [0.1, 0.15) is 5.82 Å². The van der Waals surface area contributed by atoms with E-state index in [-0.39, 0.29) is 0 Å². The van der Waals surface area contributed by atoms with Crippen LogP contribution in [0.5, 0.6) is 0 Å². The molecular formula is C15H20BrN3S. The standard InChI is InChI=1S/C15H20BrN3S/c1-11-18-14-4-2-3-5-15(14)19(11)7-6-17-9-13-8-12(16)10-20-13/h8,10,17H,2-7,9H2,1H3. The van der Waals surface area contributed by atoms with Gasteiger partial charge < -0.3 is 9.88 Å². The smallest absolute Gasteiger partial charge is 0.106 e. The van der Waals surface area contributed by atoms with E-state index >= 15 is 0 Å². The van der Waals surface area contributed by atoms with E-state index in [1.165, 1.54) is 52.2 Å². The molecule has 0 saturated carbocycles. The van der Waals surface area contributed by atoms with E-state index in [1.54, 1.807) is 11.3 Å². The number of halogens is 1. The molecule has 0 radical (unpaired) electrons. The molecule has 1 aliphatic carbocycles. The number of aromatic nitrogens is 2. The summed E-state index contributed by atoms with van der Waals surface area (Å²) in [6, 6.07) is 2.18. The third kappa shape index (κ3) is 3.15. The summed E-state index contributed by atoms with van der Waals surface area (Å²) in [6.45, 7) is 5.11. The Bertz CT molecular complexity index is 588. The largest absolute Gasteiger partial charge is 0.331 e. The number of rotatable bonds is 5. The average molecular weight is 354 g/mol. The molecule has 2 heterocycles. The van der Waals surface area contributed by atoms with Crippen LogP contribution in [0.1, 0.15) is 34.9 Å². The molecule has 0 fully saturated rings. The van der Waals surface area contributed by atoms with E-state index in [9.17, 15) is 0 Å². The fraction of sp³-hybridized carbons (Fsp3) is 0.533. The number of fused-ring (bicyclic) bond motifs is 1. The van der Waals surface area contributed by atoms with Gasteiger partial charge in [0.25, 0.3) is 0 Å². The lowest BCUT2D eigenvalue weighted by Crippen LogP contribution is -2.21. The molecule has 0 aliphatic heterocycles. The Morgan fingerprint density at radius 3 is 3.05 bits per heavy atom. The van der Waals surface area contributed by atoms with Crippen molar-refractivity contribution in [1.82, 2.24) is 14.9 Å². The lowest BCUT2D eigenvalue weighted by atomic mass is 10.0. The van der Waals surface area contributed by atoms with Gasteiger partial charge in [0, 0.05) is 40.1 Å². The van der Waals surface area contributed by atoms with Crippen molar-refractivity contribution in [2.45, 2.75) is 45.7 Å². The van der Waals surface area contributed by atoms with Gasteiger partial charge in [-0.3, -0.25) is 0 Å². The first-order valence-corrected chi connectivity index (χ1v) is 8.90. The third-order valence-corrected chi connectivity index (χ3v) is 5.55. The van der Waals surface area contributed by atoms with Crippen LogP contribution in [0.4, 0.5) is 0 Å². The van der Waals surface area contributed by atoms with Crippen LogP contribution < -0.4 is 5.32 Å². The fourth-order valence-electron chi connectivity index (χ4n) is 2.88. The normalized spacial score (nSPS) is 14.5. The quantitative estimate of drug-likeness (QED) is 0.830. The fourth-order valence-corrected chi connectivity index (χ4v) is 4.30. The highest BCUT2D eigenvalue weighted by atomic mass is 79.9. The molecule has 0 saturated heterocycles. The van der Waals surface area contributed by atoms with Gasteiger partial charge in [0.05, 0.1) is 5.69 Å². The van der Waals surface area contributed by atoms with E-state index in [2.05, 4.69) is 44.2 Å². The van der Waals surface area contributed by atoms with Crippen LogP contribution in [-0.4, -0.2) is 16.1 Å². The van der Waals surface area contributed by atoms with Crippen molar-refractivity contribution in [1.29, 1.82) is 0 Å². The van der Waals surface area contributed by atoms with E-state index < -0.39 is 0 Å². The first-order valence-electron chi connectivity index (χ1n) is 7.22. The topological polar surface area (TPSA) is 29.9 Å². The molecule has 1 aliphatic rings. The van der Waals surface area contributed by atoms with Crippen LogP contribution in [0.15, 0.2) is 15.9 Å². The minimum atomic E-state index is 0.951. The van der Waals surface area contributed by atoms with Gasteiger partial charge in [-0.1, -0.05) is 0 Å². The van der Waals surface area contributed by atoms with Gasteiger partial charge in [0.2, 0.25) is 0 Å². The average Bonchev–Trinajstić information content (AvgIpc) is 2.98. The summed E-state index contributed by atoms with van der Waals surface area (Å²) in [4.78, 5) is 6.10. The SMILES string of the molecule is Cc1nc2c(n1CCNCc1cc(Br)cs1)CCCC2. The van der Waals surface area contributed by atoms with Crippen molar-refractivity contribution < 1.29 is 0 Å². The molecule has 0 unspecified atom stereocenters. The van der Waals surface area contributed by atoms with Crippen LogP contribution in [-0.2, 0) is 25.9 Å². The molecule has 1 N–H and O–H groups in total. The van der Waals surface area contributed by atoms with Crippen molar-refractivity contribution in [3.63, 3.8) is 0 Å². The maximum atomic E-state index is 4.72. The lowest BCUT2D eigenvalue weighted by molar-refractivity contribution is 0.556. The first-order chi connectivity index (χ1) is 9.74. The Morgan fingerprint density at radius 2 is 2.25 bits per heavy atom. The Kier molecular flexibility index (Phi) is 4.58. The van der Waals surface area contributed by atoms with E-state index in [0.29, 0.717) is 0 Å². The van der Waals surface area contributed by atoms with Crippen molar-refractivity contribution in [2.24, 2.45) is 0 Å².